The van der Waals surface area contributed by atoms with Crippen LogP contribution in [0.25, 0.3) is 0 Å². The van der Waals surface area contributed by atoms with Crippen LogP contribution in [0.3, 0.4) is 0 Å². The summed E-state index contributed by atoms with van der Waals surface area (Å²) in [5.41, 5.74) is 0.273. The molecule has 0 aliphatic carbocycles. The van der Waals surface area contributed by atoms with E-state index in [4.69, 9.17) is 0 Å². The maximum absolute atomic E-state index is 13.5. The Morgan fingerprint density at radius 3 is 2.76 bits per heavy atom. The second kappa shape index (κ2) is 6.12. The predicted molar refractivity (Wildman–Crippen MR) is 70.6 cm³/mol. The number of carbonyl (C=O) groups is 1. The fourth-order valence-corrected chi connectivity index (χ4v) is 1.64. The van der Waals surface area contributed by atoms with Gasteiger partial charge in [-0.2, -0.15) is 0 Å². The van der Waals surface area contributed by atoms with E-state index >= 15 is 0 Å². The van der Waals surface area contributed by atoms with Crippen molar-refractivity contribution in [3.63, 3.8) is 0 Å². The lowest BCUT2D eigenvalue weighted by Gasteiger charge is -2.19. The van der Waals surface area contributed by atoms with Gasteiger partial charge in [-0.15, -0.1) is 0 Å². The molecule has 0 radical (unpaired) electrons. The quantitative estimate of drug-likeness (QED) is 0.927. The van der Waals surface area contributed by atoms with E-state index in [9.17, 15) is 9.18 Å². The lowest BCUT2D eigenvalue weighted by atomic mass is 10.2. The number of nitrogens with one attached hydrogen (secondary N) is 1. The summed E-state index contributed by atoms with van der Waals surface area (Å²) >= 11 is 3.26. The number of amides is 1. The highest BCUT2D eigenvalue weighted by Gasteiger charge is 2.15. The Morgan fingerprint density at radius 1 is 1.53 bits per heavy atom. The molecule has 1 N–H and O–H groups in total. The lowest BCUT2D eigenvalue weighted by Crippen LogP contribution is -2.38. The zero-order valence-electron chi connectivity index (χ0n) is 10.1. The van der Waals surface area contributed by atoms with E-state index in [1.807, 2.05) is 13.8 Å². The molecule has 0 spiro atoms. The number of hydrogen-bond acceptors (Lipinski definition) is 2. The summed E-state index contributed by atoms with van der Waals surface area (Å²) < 4.78 is 14.3. The number of benzene rings is 1. The molecule has 1 amide bonds. The molecule has 3 nitrogen and oxygen atoms in total. The fourth-order valence-electron chi connectivity index (χ4n) is 1.29. The van der Waals surface area contributed by atoms with Gasteiger partial charge in [-0.3, -0.25) is 4.79 Å². The van der Waals surface area contributed by atoms with E-state index in [2.05, 4.69) is 21.2 Å². The van der Waals surface area contributed by atoms with Crippen molar-refractivity contribution in [1.82, 2.24) is 5.32 Å². The van der Waals surface area contributed by atoms with Crippen LogP contribution in [0, 0.1) is 5.82 Å². The summed E-state index contributed by atoms with van der Waals surface area (Å²) in [4.78, 5) is 13.1. The summed E-state index contributed by atoms with van der Waals surface area (Å²) in [5.74, 6) is -0.579. The fraction of sp³-hybridized carbons (Fsp3) is 0.417. The van der Waals surface area contributed by atoms with E-state index < -0.39 is 5.82 Å². The molecule has 0 bridgehead atoms. The number of carbonyl (C=O) groups excluding carboxylic acids is 1. The van der Waals surface area contributed by atoms with E-state index in [-0.39, 0.29) is 24.2 Å². The Kier molecular flexibility index (Phi) is 5.08. The van der Waals surface area contributed by atoms with E-state index in [1.54, 1.807) is 19.2 Å². The van der Waals surface area contributed by atoms with Gasteiger partial charge in [0.25, 0.3) is 0 Å². The molecule has 0 aromatic heterocycles. The highest BCUT2D eigenvalue weighted by molar-refractivity contribution is 9.10. The second-order valence-corrected chi connectivity index (χ2v) is 5.00. The zero-order chi connectivity index (χ0) is 13.0. The first-order valence-electron chi connectivity index (χ1n) is 5.37. The van der Waals surface area contributed by atoms with E-state index in [0.29, 0.717) is 0 Å². The molecule has 94 valence electrons. The molecule has 0 saturated carbocycles. The summed E-state index contributed by atoms with van der Waals surface area (Å²) in [6.07, 6.45) is 0. The van der Waals surface area contributed by atoms with E-state index in [1.165, 1.54) is 11.0 Å². The molecule has 1 aromatic rings. The average Bonchev–Trinajstić information content (AvgIpc) is 2.28. The smallest absolute Gasteiger partial charge is 0.240 e. The molecule has 1 aromatic carbocycles. The molecule has 0 aliphatic heterocycles. The average molecular weight is 303 g/mol. The third-order valence-electron chi connectivity index (χ3n) is 2.31. The number of anilines is 1. The summed E-state index contributed by atoms with van der Waals surface area (Å²) in [7, 11) is 1.56. The maximum atomic E-state index is 13.5. The van der Waals surface area contributed by atoms with E-state index in [0.717, 1.165) is 4.47 Å². The Morgan fingerprint density at radius 2 is 2.18 bits per heavy atom. The van der Waals surface area contributed by atoms with Crippen LogP contribution in [0.5, 0.6) is 0 Å². The summed E-state index contributed by atoms with van der Waals surface area (Å²) in [6, 6.07) is 4.74. The van der Waals surface area contributed by atoms with Crippen molar-refractivity contribution >= 4 is 27.5 Å². The van der Waals surface area contributed by atoms with Gasteiger partial charge in [-0.05, 0) is 18.2 Å². The third-order valence-corrected chi connectivity index (χ3v) is 2.80. The molecular formula is C12H16BrFN2O. The third kappa shape index (κ3) is 4.09. The van der Waals surface area contributed by atoms with Crippen LogP contribution in [0.2, 0.25) is 0 Å². The highest BCUT2D eigenvalue weighted by Crippen LogP contribution is 2.22. The molecular weight excluding hydrogens is 287 g/mol. The van der Waals surface area contributed by atoms with Gasteiger partial charge in [0.05, 0.1) is 12.2 Å². The predicted octanol–water partition coefficient (Wildman–Crippen LogP) is 2.55. The van der Waals surface area contributed by atoms with Crippen molar-refractivity contribution in [2.45, 2.75) is 19.9 Å². The summed E-state index contributed by atoms with van der Waals surface area (Å²) in [6.45, 7) is 4.10. The van der Waals surface area contributed by atoms with Gasteiger partial charge >= 0.3 is 0 Å². The minimum atomic E-state index is -0.409. The Bertz CT molecular complexity index is 409. The van der Waals surface area contributed by atoms with Crippen molar-refractivity contribution in [2.75, 3.05) is 18.5 Å². The van der Waals surface area contributed by atoms with Crippen molar-refractivity contribution in [2.24, 2.45) is 0 Å². The van der Waals surface area contributed by atoms with Crippen molar-refractivity contribution < 1.29 is 9.18 Å². The van der Waals surface area contributed by atoms with Crippen molar-refractivity contribution in [1.29, 1.82) is 0 Å². The number of rotatable bonds is 4. The Hall–Kier alpha value is -0.940. The second-order valence-electron chi connectivity index (χ2n) is 4.08. The van der Waals surface area contributed by atoms with Gasteiger partial charge in [-0.1, -0.05) is 29.8 Å². The van der Waals surface area contributed by atoms with Gasteiger partial charge in [0.2, 0.25) is 5.91 Å². The van der Waals surface area contributed by atoms with Crippen molar-refractivity contribution in [3.8, 4) is 0 Å². The lowest BCUT2D eigenvalue weighted by molar-refractivity contribution is -0.117. The zero-order valence-corrected chi connectivity index (χ0v) is 11.7. The molecule has 5 heteroatoms. The Balaban J connectivity index is 2.77. The van der Waals surface area contributed by atoms with Crippen LogP contribution >= 0.6 is 15.9 Å². The van der Waals surface area contributed by atoms with Gasteiger partial charge in [0.1, 0.15) is 5.82 Å². The molecule has 0 heterocycles. The van der Waals surface area contributed by atoms with Crippen LogP contribution in [0.15, 0.2) is 22.7 Å². The molecule has 0 saturated heterocycles. The molecule has 0 fully saturated rings. The minimum absolute atomic E-state index is 0.171. The van der Waals surface area contributed by atoms with Gasteiger partial charge in [0, 0.05) is 17.6 Å². The first-order valence-corrected chi connectivity index (χ1v) is 6.16. The summed E-state index contributed by atoms with van der Waals surface area (Å²) in [5, 5.41) is 3.00. The van der Waals surface area contributed by atoms with Gasteiger partial charge < -0.3 is 10.2 Å². The minimum Gasteiger partial charge on any atom is -0.312 e. The normalized spacial score (nSPS) is 10.7. The number of hydrogen-bond donors (Lipinski definition) is 1. The van der Waals surface area contributed by atoms with Gasteiger partial charge in [0.15, 0.2) is 0 Å². The maximum Gasteiger partial charge on any atom is 0.240 e. The van der Waals surface area contributed by atoms with Crippen LogP contribution in [0.4, 0.5) is 10.1 Å². The topological polar surface area (TPSA) is 32.3 Å². The molecule has 0 aliphatic rings. The first kappa shape index (κ1) is 14.1. The van der Waals surface area contributed by atoms with Crippen LogP contribution in [-0.4, -0.2) is 25.5 Å². The largest absolute Gasteiger partial charge is 0.312 e. The Labute approximate surface area is 109 Å². The number of halogens is 2. The standard InChI is InChI=1S/C12H16BrFN2O/c1-8(2)15-7-12(17)16(3)11-6-9(13)4-5-10(11)14/h4-6,8,15H,7H2,1-3H3. The monoisotopic (exact) mass is 302 g/mol. The van der Waals surface area contributed by atoms with Gasteiger partial charge in [-0.25, -0.2) is 4.39 Å². The van der Waals surface area contributed by atoms with Crippen molar-refractivity contribution in [3.05, 3.63) is 28.5 Å². The SMILES string of the molecule is CC(C)NCC(=O)N(C)c1cc(Br)ccc1F. The molecule has 1 rings (SSSR count). The van der Waals surface area contributed by atoms with Crippen LogP contribution < -0.4 is 10.2 Å². The molecule has 17 heavy (non-hydrogen) atoms. The number of likely N-dealkylation sites (N-methyl/N-ethyl adjacent to an activating group) is 1. The molecule has 0 atom stereocenters. The van der Waals surface area contributed by atoms with Crippen LogP contribution in [0.1, 0.15) is 13.8 Å². The number of nitrogens with zero attached hydrogens (tertiary/aromatic N) is 1. The first-order chi connectivity index (χ1) is 7.91. The molecule has 0 unspecified atom stereocenters. The highest BCUT2D eigenvalue weighted by atomic mass is 79.9. The van der Waals surface area contributed by atoms with Crippen LogP contribution in [-0.2, 0) is 4.79 Å².